The lowest BCUT2D eigenvalue weighted by Gasteiger charge is -2.39. The third-order valence-electron chi connectivity index (χ3n) is 5.79. The molecule has 1 saturated carbocycles. The Morgan fingerprint density at radius 1 is 1.38 bits per heavy atom. The van der Waals surface area contributed by atoms with Gasteiger partial charge >= 0.3 is 6.18 Å². The molecule has 12 heteroatoms. The van der Waals surface area contributed by atoms with Gasteiger partial charge in [0, 0.05) is 24.2 Å². The Hall–Kier alpha value is -2.73. The van der Waals surface area contributed by atoms with Gasteiger partial charge in [-0.1, -0.05) is 18.0 Å². The number of carbonyl (C=O) groups excluding carboxylic acids is 1. The van der Waals surface area contributed by atoms with Crippen LogP contribution in [0.2, 0.25) is 0 Å². The van der Waals surface area contributed by atoms with Crippen LogP contribution in [-0.2, 0) is 15.8 Å². The van der Waals surface area contributed by atoms with Crippen LogP contribution in [0, 0.1) is 12.8 Å². The molecule has 1 aliphatic heterocycles. The maximum absolute atomic E-state index is 13.1. The quantitative estimate of drug-likeness (QED) is 0.617. The zero-order valence-electron chi connectivity index (χ0n) is 17.5. The van der Waals surface area contributed by atoms with Gasteiger partial charge in [0.2, 0.25) is 5.89 Å². The summed E-state index contributed by atoms with van der Waals surface area (Å²) in [5.74, 6) is -0.633. The Bertz CT molecular complexity index is 1030. The van der Waals surface area contributed by atoms with Gasteiger partial charge in [0.15, 0.2) is 12.4 Å². The fraction of sp³-hybridized carbons (Fsp3) is 0.600. The number of rotatable bonds is 8. The Labute approximate surface area is 181 Å². The summed E-state index contributed by atoms with van der Waals surface area (Å²) in [6.45, 7) is 1.30. The summed E-state index contributed by atoms with van der Waals surface area (Å²) in [6.07, 6.45) is -1.35. The van der Waals surface area contributed by atoms with Crippen LogP contribution in [0.4, 0.5) is 13.2 Å². The first kappa shape index (κ1) is 22.5. The van der Waals surface area contributed by atoms with Gasteiger partial charge in [0.1, 0.15) is 17.0 Å². The molecule has 1 atom stereocenters. The number of hydrogen-bond donors (Lipinski definition) is 2. The predicted octanol–water partition coefficient (Wildman–Crippen LogP) is 2.14. The minimum absolute atomic E-state index is 0.000208. The molecule has 3 heterocycles. The van der Waals surface area contributed by atoms with Crippen molar-refractivity contribution < 1.29 is 37.1 Å². The molecule has 0 spiro atoms. The number of aliphatic hydroxyl groups is 1. The lowest BCUT2D eigenvalue weighted by molar-refractivity contribution is -0.187. The summed E-state index contributed by atoms with van der Waals surface area (Å²) in [7, 11) is 0. The predicted molar refractivity (Wildman–Crippen MR) is 102 cm³/mol. The van der Waals surface area contributed by atoms with Crippen molar-refractivity contribution in [1.82, 2.24) is 15.1 Å². The minimum atomic E-state index is -4.67. The van der Waals surface area contributed by atoms with E-state index < -0.39 is 29.7 Å². The molecule has 2 fully saturated rings. The van der Waals surface area contributed by atoms with Crippen LogP contribution >= 0.6 is 0 Å². The summed E-state index contributed by atoms with van der Waals surface area (Å²) in [5.41, 5.74) is 2.44. The molecule has 0 aromatic carbocycles. The average Bonchev–Trinajstić information content (AvgIpc) is 3.38. The first-order valence-corrected chi connectivity index (χ1v) is 10.1. The van der Waals surface area contributed by atoms with Crippen molar-refractivity contribution in [3.8, 4) is 5.75 Å². The van der Waals surface area contributed by atoms with E-state index in [9.17, 15) is 23.1 Å². The molecule has 174 valence electrons. The monoisotopic (exact) mass is 456 g/mol. The van der Waals surface area contributed by atoms with Gasteiger partial charge in [-0.15, -0.1) is 0 Å². The van der Waals surface area contributed by atoms with E-state index in [1.165, 1.54) is 0 Å². The topological polar surface area (TPSA) is 134 Å². The molecule has 1 unspecified atom stereocenters. The highest BCUT2D eigenvalue weighted by Crippen LogP contribution is 2.50. The number of alkyl halides is 3. The van der Waals surface area contributed by atoms with Gasteiger partial charge in [-0.25, -0.2) is 0 Å². The summed E-state index contributed by atoms with van der Waals surface area (Å²) >= 11 is 0. The van der Waals surface area contributed by atoms with Crippen molar-refractivity contribution >= 4 is 5.91 Å². The fourth-order valence-electron chi connectivity index (χ4n) is 4.01. The molecule has 2 aromatic rings. The number of nitrogens with two attached hydrogens (primary N) is 1. The van der Waals surface area contributed by atoms with Gasteiger partial charge in [0.05, 0.1) is 18.6 Å². The van der Waals surface area contributed by atoms with Gasteiger partial charge in [-0.05, 0) is 19.3 Å². The van der Waals surface area contributed by atoms with Gasteiger partial charge in [0.25, 0.3) is 5.91 Å². The molecule has 32 heavy (non-hydrogen) atoms. The molecule has 0 bridgehead atoms. The van der Waals surface area contributed by atoms with E-state index in [-0.39, 0.29) is 53.4 Å². The second kappa shape index (κ2) is 7.69. The number of carbonyl (C=O) groups is 1. The Balaban J connectivity index is 1.98. The minimum Gasteiger partial charge on any atom is -0.483 e. The molecule has 3 N–H and O–H groups in total. The van der Waals surface area contributed by atoms with Crippen molar-refractivity contribution in [3.05, 3.63) is 34.7 Å². The van der Waals surface area contributed by atoms with Crippen molar-refractivity contribution in [2.24, 2.45) is 11.7 Å². The molecule has 1 amide bonds. The van der Waals surface area contributed by atoms with Crippen LogP contribution in [0.3, 0.4) is 0 Å². The zero-order valence-corrected chi connectivity index (χ0v) is 17.5. The van der Waals surface area contributed by atoms with E-state index in [0.29, 0.717) is 6.42 Å². The number of primary amides is 1. The van der Waals surface area contributed by atoms with Crippen molar-refractivity contribution in [1.29, 1.82) is 0 Å². The summed E-state index contributed by atoms with van der Waals surface area (Å²) < 4.78 is 54.9. The first-order chi connectivity index (χ1) is 14.9. The van der Waals surface area contributed by atoms with Gasteiger partial charge in [-0.2, -0.15) is 18.2 Å². The van der Waals surface area contributed by atoms with Crippen LogP contribution in [0.15, 0.2) is 10.7 Å². The maximum atomic E-state index is 13.1. The largest absolute Gasteiger partial charge is 0.483 e. The van der Waals surface area contributed by atoms with Crippen LogP contribution in [-0.4, -0.2) is 52.1 Å². The lowest BCUT2D eigenvalue weighted by Crippen LogP contribution is -2.47. The molecule has 2 aromatic heterocycles. The van der Waals surface area contributed by atoms with Crippen molar-refractivity contribution in [2.45, 2.75) is 50.3 Å². The van der Waals surface area contributed by atoms with E-state index in [4.69, 9.17) is 19.7 Å². The number of aromatic nitrogens is 3. The lowest BCUT2D eigenvalue weighted by atomic mass is 9.74. The number of amides is 1. The highest BCUT2D eigenvalue weighted by Gasteiger charge is 2.49. The average molecular weight is 456 g/mol. The summed E-state index contributed by atoms with van der Waals surface area (Å²) in [4.78, 5) is 20.7. The molecule has 1 aliphatic carbocycles. The van der Waals surface area contributed by atoms with Crippen LogP contribution in [0.25, 0.3) is 0 Å². The number of halogens is 3. The number of pyridine rings is 1. The second-order valence-corrected chi connectivity index (χ2v) is 8.63. The summed E-state index contributed by atoms with van der Waals surface area (Å²) in [6, 6.07) is 0. The normalized spacial score (nSPS) is 19.8. The number of ether oxygens (including phenoxy) is 2. The molecule has 4 rings (SSSR count). The van der Waals surface area contributed by atoms with E-state index in [0.717, 1.165) is 19.0 Å². The molecule has 1 saturated heterocycles. The number of hydrogen-bond acceptors (Lipinski definition) is 8. The Kier molecular flexibility index (Phi) is 5.40. The molecular formula is C20H23F3N4O5. The van der Waals surface area contributed by atoms with Crippen molar-refractivity contribution in [3.63, 3.8) is 0 Å². The van der Waals surface area contributed by atoms with E-state index >= 15 is 0 Å². The standard InChI is InChI=1S/C20H23F3N4O5/c1-10-26-17(27-32-10)18(2,5-11-3-4-11)13-14(16(24)28)25-6-12(19(29)7-30-8-19)15(13)31-9-20(21,22)23/h6,11,29H,3-5,7-9H2,1-2H3,(H2,24,28). The van der Waals surface area contributed by atoms with Gasteiger partial charge in [-0.3, -0.25) is 9.78 Å². The molecular weight excluding hydrogens is 433 g/mol. The van der Waals surface area contributed by atoms with Crippen molar-refractivity contribution in [2.75, 3.05) is 19.8 Å². The zero-order chi connectivity index (χ0) is 23.3. The molecule has 2 aliphatic rings. The van der Waals surface area contributed by atoms with Crippen LogP contribution < -0.4 is 10.5 Å². The van der Waals surface area contributed by atoms with E-state index in [1.807, 2.05) is 0 Å². The molecule has 9 nitrogen and oxygen atoms in total. The maximum Gasteiger partial charge on any atom is 0.422 e. The number of nitrogens with zero attached hydrogens (tertiary/aromatic N) is 3. The SMILES string of the molecule is Cc1nc(C(C)(CC2CC2)c2c(C(N)=O)ncc(C3(O)COC3)c2OCC(F)(F)F)no1. The Morgan fingerprint density at radius 3 is 2.53 bits per heavy atom. The highest BCUT2D eigenvalue weighted by molar-refractivity contribution is 5.94. The third kappa shape index (κ3) is 4.16. The number of aryl methyl sites for hydroxylation is 1. The second-order valence-electron chi connectivity index (χ2n) is 8.63. The third-order valence-corrected chi connectivity index (χ3v) is 5.79. The van der Waals surface area contributed by atoms with E-state index in [1.54, 1.807) is 13.8 Å². The first-order valence-electron chi connectivity index (χ1n) is 10.1. The van der Waals surface area contributed by atoms with Gasteiger partial charge < -0.3 is 24.8 Å². The molecule has 0 radical (unpaired) electrons. The smallest absolute Gasteiger partial charge is 0.422 e. The van der Waals surface area contributed by atoms with Crippen LogP contribution in [0.1, 0.15) is 59.5 Å². The van der Waals surface area contributed by atoms with Crippen LogP contribution in [0.5, 0.6) is 5.75 Å². The Morgan fingerprint density at radius 2 is 2.06 bits per heavy atom. The van der Waals surface area contributed by atoms with E-state index in [2.05, 4.69) is 15.1 Å². The summed E-state index contributed by atoms with van der Waals surface area (Å²) in [5, 5.41) is 14.9. The highest BCUT2D eigenvalue weighted by atomic mass is 19.4. The fourth-order valence-corrected chi connectivity index (χ4v) is 4.01.